The van der Waals surface area contributed by atoms with Crippen LogP contribution in [-0.2, 0) is 4.74 Å². The fourth-order valence-electron chi connectivity index (χ4n) is 5.71. The highest BCUT2D eigenvalue weighted by Gasteiger charge is 2.44. The Bertz CT molecular complexity index is 1240. The molecular formula is C28H29N3O3. The lowest BCUT2D eigenvalue weighted by atomic mass is 9.72. The van der Waals surface area contributed by atoms with Gasteiger partial charge in [-0.1, -0.05) is 31.5 Å². The molecule has 34 heavy (non-hydrogen) atoms. The molecule has 2 bridgehead atoms. The summed E-state index contributed by atoms with van der Waals surface area (Å²) in [6.45, 7) is 4.28. The molecule has 0 radical (unpaired) electrons. The first-order chi connectivity index (χ1) is 16.6. The quantitative estimate of drug-likeness (QED) is 0.480. The number of nitrogens with zero attached hydrogens (tertiary/aromatic N) is 3. The van der Waals surface area contributed by atoms with Gasteiger partial charge in [0.25, 0.3) is 0 Å². The zero-order valence-corrected chi connectivity index (χ0v) is 19.6. The normalized spacial score (nSPS) is 24.4. The average Bonchev–Trinajstić information content (AvgIpc) is 2.91. The van der Waals surface area contributed by atoms with E-state index in [2.05, 4.69) is 22.9 Å². The molecule has 3 aliphatic heterocycles. The highest BCUT2D eigenvalue weighted by molar-refractivity contribution is 5.90. The molecule has 6 rings (SSSR count). The third kappa shape index (κ3) is 4.12. The van der Waals surface area contributed by atoms with Gasteiger partial charge in [-0.25, -0.2) is 9.78 Å². The third-order valence-corrected chi connectivity index (χ3v) is 7.52. The SMILES string of the molecule is CC[C@H]1CN2CC[C@H]1C[C@H]2[C@H](OC(=O)c1ccccc1)c1cc(C#N)nc2ccc(OC)cc12. The molecule has 6 nitrogen and oxygen atoms in total. The van der Waals surface area contributed by atoms with Gasteiger partial charge in [-0.05, 0) is 67.6 Å². The molecule has 5 atom stereocenters. The molecular weight excluding hydrogens is 426 g/mol. The first-order valence-electron chi connectivity index (χ1n) is 12.0. The molecule has 3 saturated heterocycles. The molecule has 3 aromatic rings. The summed E-state index contributed by atoms with van der Waals surface area (Å²) in [6, 6.07) is 18.7. The van der Waals surface area contributed by atoms with Gasteiger partial charge in [0, 0.05) is 17.5 Å². The number of rotatable bonds is 6. The fraction of sp³-hybridized carbons (Fsp3) is 0.393. The van der Waals surface area contributed by atoms with Crippen LogP contribution in [0.5, 0.6) is 5.75 Å². The second-order valence-electron chi connectivity index (χ2n) is 9.30. The van der Waals surface area contributed by atoms with Crippen LogP contribution in [-0.4, -0.2) is 42.1 Å². The van der Waals surface area contributed by atoms with E-state index in [0.717, 1.165) is 36.9 Å². The van der Waals surface area contributed by atoms with Gasteiger partial charge in [-0.2, -0.15) is 5.26 Å². The maximum Gasteiger partial charge on any atom is 0.338 e. The minimum absolute atomic E-state index is 0.0533. The summed E-state index contributed by atoms with van der Waals surface area (Å²) in [7, 11) is 1.63. The number of carbonyl (C=O) groups excluding carboxylic acids is 1. The molecule has 2 aromatic carbocycles. The van der Waals surface area contributed by atoms with E-state index in [9.17, 15) is 10.1 Å². The summed E-state index contributed by atoms with van der Waals surface area (Å²) < 4.78 is 11.8. The number of methoxy groups -OCH3 is 1. The Labute approximate surface area is 200 Å². The summed E-state index contributed by atoms with van der Waals surface area (Å²) >= 11 is 0. The monoisotopic (exact) mass is 455 g/mol. The summed E-state index contributed by atoms with van der Waals surface area (Å²) in [4.78, 5) is 20.2. The first kappa shape index (κ1) is 22.4. The van der Waals surface area contributed by atoms with E-state index in [1.54, 1.807) is 25.3 Å². The zero-order valence-electron chi connectivity index (χ0n) is 19.6. The van der Waals surface area contributed by atoms with Gasteiger partial charge in [0.2, 0.25) is 0 Å². The van der Waals surface area contributed by atoms with Crippen LogP contribution in [0.15, 0.2) is 54.6 Å². The molecule has 0 spiro atoms. The highest BCUT2D eigenvalue weighted by atomic mass is 16.5. The number of aromatic nitrogens is 1. The van der Waals surface area contributed by atoms with Crippen molar-refractivity contribution in [2.45, 2.75) is 38.3 Å². The van der Waals surface area contributed by atoms with E-state index < -0.39 is 6.10 Å². The smallest absolute Gasteiger partial charge is 0.338 e. The number of pyridine rings is 1. The number of fused-ring (bicyclic) bond motifs is 4. The number of hydrogen-bond acceptors (Lipinski definition) is 6. The number of benzene rings is 2. The van der Waals surface area contributed by atoms with E-state index >= 15 is 0 Å². The Hall–Kier alpha value is -3.43. The number of piperidine rings is 3. The number of ether oxygens (including phenoxy) is 2. The molecule has 0 amide bonds. The molecule has 1 unspecified atom stereocenters. The number of hydrogen-bond donors (Lipinski definition) is 0. The summed E-state index contributed by atoms with van der Waals surface area (Å²) in [5.74, 6) is 1.65. The van der Waals surface area contributed by atoms with Gasteiger partial charge in [0.15, 0.2) is 0 Å². The van der Waals surface area contributed by atoms with E-state index in [1.165, 1.54) is 6.42 Å². The van der Waals surface area contributed by atoms with Crippen molar-refractivity contribution in [1.82, 2.24) is 9.88 Å². The average molecular weight is 456 g/mol. The number of carbonyl (C=O) groups is 1. The van der Waals surface area contributed by atoms with Crippen molar-refractivity contribution in [1.29, 1.82) is 5.26 Å². The van der Waals surface area contributed by atoms with Gasteiger partial charge in [-0.15, -0.1) is 0 Å². The maximum absolute atomic E-state index is 13.3. The molecule has 174 valence electrons. The lowest BCUT2D eigenvalue weighted by molar-refractivity contribution is -0.0659. The molecule has 0 aliphatic carbocycles. The van der Waals surface area contributed by atoms with Gasteiger partial charge >= 0.3 is 5.97 Å². The second kappa shape index (κ2) is 9.44. The largest absolute Gasteiger partial charge is 0.497 e. The van der Waals surface area contributed by atoms with Crippen molar-refractivity contribution in [3.63, 3.8) is 0 Å². The molecule has 6 heteroatoms. The van der Waals surface area contributed by atoms with Crippen LogP contribution < -0.4 is 4.74 Å². The zero-order chi connectivity index (χ0) is 23.7. The summed E-state index contributed by atoms with van der Waals surface area (Å²) in [5.41, 5.74) is 2.34. The van der Waals surface area contributed by atoms with Gasteiger partial charge in [0.05, 0.1) is 24.2 Å². The Morgan fingerprint density at radius 2 is 2.06 bits per heavy atom. The number of esters is 1. The Morgan fingerprint density at radius 3 is 2.74 bits per heavy atom. The van der Waals surface area contributed by atoms with Crippen LogP contribution in [0.1, 0.15) is 53.9 Å². The van der Waals surface area contributed by atoms with E-state index in [1.807, 2.05) is 36.4 Å². The molecule has 3 fully saturated rings. The van der Waals surface area contributed by atoms with Crippen LogP contribution in [0, 0.1) is 23.2 Å². The molecule has 4 heterocycles. The van der Waals surface area contributed by atoms with Crippen molar-refractivity contribution < 1.29 is 14.3 Å². The molecule has 0 N–H and O–H groups in total. The number of nitriles is 1. The first-order valence-corrected chi connectivity index (χ1v) is 12.0. The molecule has 0 saturated carbocycles. The second-order valence-corrected chi connectivity index (χ2v) is 9.30. The van der Waals surface area contributed by atoms with Crippen LogP contribution in [0.3, 0.4) is 0 Å². The van der Waals surface area contributed by atoms with Crippen molar-refractivity contribution >= 4 is 16.9 Å². The maximum atomic E-state index is 13.3. The van der Waals surface area contributed by atoms with Crippen LogP contribution in [0.2, 0.25) is 0 Å². The van der Waals surface area contributed by atoms with Crippen LogP contribution in [0.4, 0.5) is 0 Å². The van der Waals surface area contributed by atoms with Crippen molar-refractivity contribution in [3.05, 3.63) is 71.4 Å². The van der Waals surface area contributed by atoms with Gasteiger partial charge in [0.1, 0.15) is 23.6 Å². The van der Waals surface area contributed by atoms with Crippen LogP contribution in [0.25, 0.3) is 10.9 Å². The topological polar surface area (TPSA) is 75.5 Å². The lowest BCUT2D eigenvalue weighted by Crippen LogP contribution is -2.55. The van der Waals surface area contributed by atoms with E-state index in [0.29, 0.717) is 34.4 Å². The Morgan fingerprint density at radius 1 is 1.24 bits per heavy atom. The van der Waals surface area contributed by atoms with Gasteiger partial charge < -0.3 is 9.47 Å². The predicted molar refractivity (Wildman–Crippen MR) is 129 cm³/mol. The van der Waals surface area contributed by atoms with E-state index in [-0.39, 0.29) is 12.0 Å². The minimum Gasteiger partial charge on any atom is -0.497 e. The fourth-order valence-corrected chi connectivity index (χ4v) is 5.71. The summed E-state index contributed by atoms with van der Waals surface area (Å²) in [6.07, 6.45) is 2.80. The van der Waals surface area contributed by atoms with Crippen molar-refractivity contribution in [2.24, 2.45) is 11.8 Å². The third-order valence-electron chi connectivity index (χ3n) is 7.52. The predicted octanol–water partition coefficient (Wildman–Crippen LogP) is 5.13. The van der Waals surface area contributed by atoms with E-state index in [4.69, 9.17) is 9.47 Å². The lowest BCUT2D eigenvalue weighted by Gasteiger charge is -2.51. The molecule has 1 aromatic heterocycles. The summed E-state index contributed by atoms with van der Waals surface area (Å²) in [5, 5.41) is 10.5. The Kier molecular flexibility index (Phi) is 6.21. The van der Waals surface area contributed by atoms with Crippen LogP contribution >= 0.6 is 0 Å². The van der Waals surface area contributed by atoms with Crippen molar-refractivity contribution in [3.8, 4) is 11.8 Å². The molecule has 3 aliphatic rings. The standard InChI is InChI=1S/C28H29N3O3/c1-3-18-17-31-12-11-20(18)13-26(31)27(34-28(32)19-7-5-4-6-8-19)24-14-21(16-29)30-25-10-9-22(33-2)15-23(24)25/h4-10,14-15,18,20,26-27H,3,11-13,17H2,1-2H3/t18-,20-,26-,27+/m0/s1. The van der Waals surface area contributed by atoms with Gasteiger partial charge in [-0.3, -0.25) is 4.90 Å². The highest BCUT2D eigenvalue weighted by Crippen LogP contribution is 2.44. The van der Waals surface area contributed by atoms with Crippen molar-refractivity contribution in [2.75, 3.05) is 20.2 Å². The Balaban J connectivity index is 1.62. The minimum atomic E-state index is -0.516.